The SMILES string of the molecule is Cc1cccc(N2C(=O)[C@@H]3[C@H](ON(c4ccccc4C)[C@H]3c3cccs3)C2=O)c1. The minimum Gasteiger partial charge on any atom is -0.273 e. The monoisotopic (exact) mass is 404 g/mol. The molecule has 2 aliphatic rings. The number of hydrogen-bond acceptors (Lipinski definition) is 5. The van der Waals surface area contributed by atoms with Crippen LogP contribution in [0, 0.1) is 19.8 Å². The van der Waals surface area contributed by atoms with E-state index in [-0.39, 0.29) is 17.9 Å². The van der Waals surface area contributed by atoms with Crippen molar-refractivity contribution in [2.45, 2.75) is 26.0 Å². The molecule has 0 saturated carbocycles. The van der Waals surface area contributed by atoms with Gasteiger partial charge in [-0.25, -0.2) is 9.96 Å². The van der Waals surface area contributed by atoms with E-state index in [0.717, 1.165) is 21.7 Å². The molecule has 0 aliphatic carbocycles. The van der Waals surface area contributed by atoms with Crippen LogP contribution in [-0.4, -0.2) is 17.9 Å². The number of anilines is 2. The number of nitrogens with zero attached hydrogens (tertiary/aromatic N) is 2. The van der Waals surface area contributed by atoms with Gasteiger partial charge in [0.15, 0.2) is 6.10 Å². The van der Waals surface area contributed by atoms with E-state index in [9.17, 15) is 9.59 Å². The molecule has 2 saturated heterocycles. The Bertz CT molecular complexity index is 1100. The number of imide groups is 1. The fourth-order valence-electron chi connectivity index (χ4n) is 4.20. The van der Waals surface area contributed by atoms with E-state index >= 15 is 0 Å². The van der Waals surface area contributed by atoms with Gasteiger partial charge in [-0.15, -0.1) is 11.3 Å². The maximum atomic E-state index is 13.5. The number of benzene rings is 2. The van der Waals surface area contributed by atoms with Crippen molar-refractivity contribution in [1.29, 1.82) is 0 Å². The highest BCUT2D eigenvalue weighted by Gasteiger charge is 2.60. The quantitative estimate of drug-likeness (QED) is 0.607. The largest absolute Gasteiger partial charge is 0.273 e. The minimum atomic E-state index is -0.824. The van der Waals surface area contributed by atoms with Crippen LogP contribution in [0.25, 0.3) is 0 Å². The third-order valence-corrected chi connectivity index (χ3v) is 6.51. The van der Waals surface area contributed by atoms with E-state index in [1.165, 1.54) is 4.90 Å². The molecule has 0 bridgehead atoms. The van der Waals surface area contributed by atoms with Crippen LogP contribution in [0.15, 0.2) is 66.0 Å². The summed E-state index contributed by atoms with van der Waals surface area (Å²) in [5.74, 6) is -1.09. The summed E-state index contributed by atoms with van der Waals surface area (Å²) in [7, 11) is 0. The molecule has 0 radical (unpaired) electrons. The summed E-state index contributed by atoms with van der Waals surface area (Å²) in [6, 6.07) is 18.9. The van der Waals surface area contributed by atoms with Crippen LogP contribution < -0.4 is 9.96 Å². The van der Waals surface area contributed by atoms with E-state index < -0.39 is 12.0 Å². The summed E-state index contributed by atoms with van der Waals surface area (Å²) >= 11 is 1.57. The maximum absolute atomic E-state index is 13.5. The van der Waals surface area contributed by atoms with Crippen LogP contribution in [-0.2, 0) is 14.4 Å². The highest BCUT2D eigenvalue weighted by molar-refractivity contribution is 7.10. The number of fused-ring (bicyclic) bond motifs is 1. The Hall–Kier alpha value is -2.96. The second kappa shape index (κ2) is 6.83. The van der Waals surface area contributed by atoms with E-state index in [4.69, 9.17) is 4.84 Å². The van der Waals surface area contributed by atoms with Crippen molar-refractivity contribution in [3.63, 3.8) is 0 Å². The van der Waals surface area contributed by atoms with Gasteiger partial charge in [0, 0.05) is 4.88 Å². The summed E-state index contributed by atoms with van der Waals surface area (Å²) in [6.07, 6.45) is -0.824. The number of hydrogen-bond donors (Lipinski definition) is 0. The van der Waals surface area contributed by atoms with Crippen LogP contribution in [0.3, 0.4) is 0 Å². The third kappa shape index (κ3) is 2.79. The number of amides is 2. The van der Waals surface area contributed by atoms with Gasteiger partial charge in [0.25, 0.3) is 5.91 Å². The van der Waals surface area contributed by atoms with E-state index in [2.05, 4.69) is 0 Å². The lowest BCUT2D eigenvalue weighted by molar-refractivity contribution is -0.126. The molecule has 2 aliphatic heterocycles. The fraction of sp³-hybridized carbons (Fsp3) is 0.217. The molecule has 2 aromatic carbocycles. The number of carbonyl (C=O) groups is 2. The fourth-order valence-corrected chi connectivity index (χ4v) is 5.06. The van der Waals surface area contributed by atoms with Crippen LogP contribution in [0.5, 0.6) is 0 Å². The highest BCUT2D eigenvalue weighted by atomic mass is 32.1. The van der Waals surface area contributed by atoms with Crippen LogP contribution in [0.2, 0.25) is 0 Å². The molecule has 3 aromatic rings. The van der Waals surface area contributed by atoms with Gasteiger partial charge in [-0.2, -0.15) is 0 Å². The first-order valence-electron chi connectivity index (χ1n) is 9.56. The molecule has 0 spiro atoms. The molecule has 6 heteroatoms. The van der Waals surface area contributed by atoms with Gasteiger partial charge in [0.2, 0.25) is 5.91 Å². The zero-order valence-corrected chi connectivity index (χ0v) is 16.9. The molecule has 5 rings (SSSR count). The zero-order valence-electron chi connectivity index (χ0n) is 16.1. The summed E-state index contributed by atoms with van der Waals surface area (Å²) in [5.41, 5.74) is 3.51. The second-order valence-corrected chi connectivity index (χ2v) is 8.45. The number of carbonyl (C=O) groups excluding carboxylic acids is 2. The lowest BCUT2D eigenvalue weighted by Gasteiger charge is -2.29. The van der Waals surface area contributed by atoms with Crippen molar-refractivity contribution in [1.82, 2.24) is 0 Å². The Morgan fingerprint density at radius 2 is 1.76 bits per heavy atom. The molecule has 29 heavy (non-hydrogen) atoms. The van der Waals surface area contributed by atoms with Gasteiger partial charge in [-0.3, -0.25) is 14.4 Å². The van der Waals surface area contributed by atoms with Gasteiger partial charge >= 0.3 is 0 Å². The third-order valence-electron chi connectivity index (χ3n) is 5.56. The smallest absolute Gasteiger partial charge is 0.266 e. The standard InChI is InChI=1S/C23H20N2O3S/c1-14-7-5-9-16(13-14)24-22(26)19-20(18-11-6-12-29-18)25(28-21(19)23(24)27)17-10-4-3-8-15(17)2/h3-13,19-21H,1-2H3/t19-,20-,21-/m0/s1. The Morgan fingerprint density at radius 1 is 0.931 bits per heavy atom. The van der Waals surface area contributed by atoms with Crippen LogP contribution >= 0.6 is 11.3 Å². The van der Waals surface area contributed by atoms with Gasteiger partial charge in [-0.05, 0) is 54.6 Å². The Labute approximate surface area is 173 Å². The molecule has 1 aromatic heterocycles. The van der Waals surface area contributed by atoms with Gasteiger partial charge in [0.1, 0.15) is 12.0 Å². The number of rotatable bonds is 3. The highest BCUT2D eigenvalue weighted by Crippen LogP contribution is 2.49. The molecule has 0 unspecified atom stereocenters. The number of hydroxylamine groups is 1. The summed E-state index contributed by atoms with van der Waals surface area (Å²) in [4.78, 5) is 35.2. The first kappa shape index (κ1) is 18.1. The summed E-state index contributed by atoms with van der Waals surface area (Å²) < 4.78 is 0. The molecule has 2 amide bonds. The molecular formula is C23H20N2O3S. The van der Waals surface area contributed by atoms with Crippen LogP contribution in [0.4, 0.5) is 11.4 Å². The summed E-state index contributed by atoms with van der Waals surface area (Å²) in [5, 5.41) is 3.75. The number of thiophene rings is 1. The van der Waals surface area contributed by atoms with Crippen molar-refractivity contribution in [3.05, 3.63) is 82.0 Å². The van der Waals surface area contributed by atoms with E-state index in [1.54, 1.807) is 22.5 Å². The zero-order chi connectivity index (χ0) is 20.1. The van der Waals surface area contributed by atoms with Crippen molar-refractivity contribution in [2.24, 2.45) is 5.92 Å². The Morgan fingerprint density at radius 3 is 2.48 bits per heavy atom. The normalized spacial score (nSPS) is 23.7. The van der Waals surface area contributed by atoms with Crippen molar-refractivity contribution >= 4 is 34.5 Å². The number of para-hydroxylation sites is 1. The van der Waals surface area contributed by atoms with Crippen LogP contribution in [0.1, 0.15) is 22.0 Å². The molecular weight excluding hydrogens is 384 g/mol. The lowest BCUT2D eigenvalue weighted by Crippen LogP contribution is -2.37. The molecule has 5 nitrogen and oxygen atoms in total. The minimum absolute atomic E-state index is 0.208. The molecule has 0 N–H and O–H groups in total. The molecule has 3 atom stereocenters. The lowest BCUT2D eigenvalue weighted by atomic mass is 9.95. The average molecular weight is 404 g/mol. The predicted molar refractivity (Wildman–Crippen MR) is 113 cm³/mol. The topological polar surface area (TPSA) is 49.9 Å². The second-order valence-electron chi connectivity index (χ2n) is 7.48. The molecule has 3 heterocycles. The molecule has 146 valence electrons. The van der Waals surface area contributed by atoms with Gasteiger partial charge < -0.3 is 0 Å². The van der Waals surface area contributed by atoms with E-state index in [1.807, 2.05) is 73.8 Å². The summed E-state index contributed by atoms with van der Waals surface area (Å²) in [6.45, 7) is 3.95. The van der Waals surface area contributed by atoms with Crippen molar-refractivity contribution in [2.75, 3.05) is 9.96 Å². The maximum Gasteiger partial charge on any atom is 0.266 e. The van der Waals surface area contributed by atoms with Crippen molar-refractivity contribution < 1.29 is 14.4 Å². The Kier molecular flexibility index (Phi) is 4.26. The molecule has 2 fully saturated rings. The Balaban J connectivity index is 1.59. The van der Waals surface area contributed by atoms with Crippen molar-refractivity contribution in [3.8, 4) is 0 Å². The number of aryl methyl sites for hydroxylation is 2. The first-order valence-corrected chi connectivity index (χ1v) is 10.4. The van der Waals surface area contributed by atoms with Gasteiger partial charge in [-0.1, -0.05) is 36.4 Å². The van der Waals surface area contributed by atoms with Gasteiger partial charge in [0.05, 0.1) is 11.4 Å². The van der Waals surface area contributed by atoms with E-state index in [0.29, 0.717) is 5.69 Å². The average Bonchev–Trinajstić information content (AvgIpc) is 3.40. The predicted octanol–water partition coefficient (Wildman–Crippen LogP) is 4.42. The first-order chi connectivity index (χ1) is 14.1.